The van der Waals surface area contributed by atoms with Crippen molar-refractivity contribution in [3.8, 4) is 0 Å². The summed E-state index contributed by atoms with van der Waals surface area (Å²) in [6.07, 6.45) is 2.86. The molecule has 0 saturated carbocycles. The van der Waals surface area contributed by atoms with Crippen LogP contribution in [0.15, 0.2) is 16.5 Å². The summed E-state index contributed by atoms with van der Waals surface area (Å²) in [4.78, 5) is 24.9. The van der Waals surface area contributed by atoms with Crippen LogP contribution in [-0.2, 0) is 11.2 Å². The number of furan rings is 1. The maximum atomic E-state index is 12.2. The van der Waals surface area contributed by atoms with E-state index >= 15 is 0 Å². The smallest absolute Gasteiger partial charge is 0.289 e. The fourth-order valence-electron chi connectivity index (χ4n) is 2.46. The molecule has 1 fully saturated rings. The minimum atomic E-state index is -0.261. The van der Waals surface area contributed by atoms with Crippen LogP contribution >= 0.6 is 0 Å². The second-order valence-electron chi connectivity index (χ2n) is 5.03. The molecule has 1 aliphatic rings. The predicted octanol–water partition coefficient (Wildman–Crippen LogP) is 1.57. The molecule has 2 heterocycles. The van der Waals surface area contributed by atoms with Gasteiger partial charge in [-0.05, 0) is 30.9 Å². The number of amides is 2. The SMILES string of the molecule is CCc1ccc(C(=O)N2CCC(CC(N)=O)CC2)o1. The highest BCUT2D eigenvalue weighted by atomic mass is 16.4. The van der Waals surface area contributed by atoms with Crippen LogP contribution in [0.1, 0.15) is 42.5 Å². The summed E-state index contributed by atoms with van der Waals surface area (Å²) in [5.41, 5.74) is 5.19. The average molecular weight is 264 g/mol. The summed E-state index contributed by atoms with van der Waals surface area (Å²) in [6.45, 7) is 3.32. The lowest BCUT2D eigenvalue weighted by atomic mass is 9.93. The van der Waals surface area contributed by atoms with Crippen molar-refractivity contribution < 1.29 is 14.0 Å². The number of rotatable bonds is 4. The number of hydrogen-bond donors (Lipinski definition) is 1. The summed E-state index contributed by atoms with van der Waals surface area (Å²) in [5.74, 6) is 1.22. The minimum Gasteiger partial charge on any atom is -0.456 e. The molecule has 0 unspecified atom stereocenters. The zero-order chi connectivity index (χ0) is 13.8. The number of piperidine rings is 1. The van der Waals surface area contributed by atoms with Gasteiger partial charge in [0.25, 0.3) is 5.91 Å². The molecule has 104 valence electrons. The first-order chi connectivity index (χ1) is 9.10. The molecular formula is C14H20N2O3. The Kier molecular flexibility index (Phi) is 4.24. The van der Waals surface area contributed by atoms with Crippen molar-refractivity contribution in [3.05, 3.63) is 23.7 Å². The average Bonchev–Trinajstić information content (AvgIpc) is 2.87. The van der Waals surface area contributed by atoms with E-state index in [-0.39, 0.29) is 11.8 Å². The van der Waals surface area contributed by atoms with Crippen molar-refractivity contribution >= 4 is 11.8 Å². The lowest BCUT2D eigenvalue weighted by molar-refractivity contribution is -0.119. The molecule has 19 heavy (non-hydrogen) atoms. The molecule has 0 radical (unpaired) electrons. The van der Waals surface area contributed by atoms with Crippen molar-refractivity contribution in [2.75, 3.05) is 13.1 Å². The third-order valence-corrected chi connectivity index (χ3v) is 3.61. The first-order valence-electron chi connectivity index (χ1n) is 6.76. The van der Waals surface area contributed by atoms with E-state index in [0.29, 0.717) is 31.2 Å². The maximum Gasteiger partial charge on any atom is 0.289 e. The van der Waals surface area contributed by atoms with Gasteiger partial charge in [-0.3, -0.25) is 9.59 Å². The molecule has 0 atom stereocenters. The molecule has 5 heteroatoms. The Labute approximate surface area is 112 Å². The third kappa shape index (κ3) is 3.36. The van der Waals surface area contributed by atoms with Gasteiger partial charge in [0.15, 0.2) is 5.76 Å². The number of carbonyl (C=O) groups is 2. The van der Waals surface area contributed by atoms with Gasteiger partial charge in [0.05, 0.1) is 0 Å². The van der Waals surface area contributed by atoms with Crippen LogP contribution in [-0.4, -0.2) is 29.8 Å². The van der Waals surface area contributed by atoms with Crippen molar-refractivity contribution in [2.45, 2.75) is 32.6 Å². The Balaban J connectivity index is 1.90. The van der Waals surface area contributed by atoms with Crippen LogP contribution < -0.4 is 5.73 Å². The largest absolute Gasteiger partial charge is 0.456 e. The summed E-state index contributed by atoms with van der Waals surface area (Å²) < 4.78 is 5.47. The number of hydrogen-bond acceptors (Lipinski definition) is 3. The van der Waals surface area contributed by atoms with Gasteiger partial charge in [0.1, 0.15) is 5.76 Å². The first-order valence-corrected chi connectivity index (χ1v) is 6.76. The Morgan fingerprint density at radius 3 is 2.58 bits per heavy atom. The van der Waals surface area contributed by atoms with E-state index in [2.05, 4.69) is 0 Å². The van der Waals surface area contributed by atoms with E-state index in [1.54, 1.807) is 11.0 Å². The Morgan fingerprint density at radius 2 is 2.05 bits per heavy atom. The molecule has 0 spiro atoms. The Bertz CT molecular complexity index is 459. The molecule has 1 aromatic heterocycles. The first kappa shape index (κ1) is 13.6. The third-order valence-electron chi connectivity index (χ3n) is 3.61. The normalized spacial score (nSPS) is 16.6. The quantitative estimate of drug-likeness (QED) is 0.896. The van der Waals surface area contributed by atoms with E-state index in [1.807, 2.05) is 13.0 Å². The Morgan fingerprint density at radius 1 is 1.37 bits per heavy atom. The summed E-state index contributed by atoms with van der Waals surface area (Å²) in [5, 5.41) is 0. The van der Waals surface area contributed by atoms with Crippen LogP contribution in [0.25, 0.3) is 0 Å². The number of likely N-dealkylation sites (tertiary alicyclic amines) is 1. The van der Waals surface area contributed by atoms with E-state index in [9.17, 15) is 9.59 Å². The highest BCUT2D eigenvalue weighted by molar-refractivity contribution is 5.91. The van der Waals surface area contributed by atoms with Gasteiger partial charge in [-0.15, -0.1) is 0 Å². The van der Waals surface area contributed by atoms with Gasteiger partial charge in [0, 0.05) is 25.9 Å². The highest BCUT2D eigenvalue weighted by Gasteiger charge is 2.26. The van der Waals surface area contributed by atoms with Gasteiger partial charge >= 0.3 is 0 Å². The second-order valence-corrected chi connectivity index (χ2v) is 5.03. The fourth-order valence-corrected chi connectivity index (χ4v) is 2.46. The molecule has 1 aromatic rings. The van der Waals surface area contributed by atoms with E-state index in [4.69, 9.17) is 10.2 Å². The van der Waals surface area contributed by atoms with Crippen molar-refractivity contribution in [2.24, 2.45) is 11.7 Å². The van der Waals surface area contributed by atoms with Gasteiger partial charge in [-0.2, -0.15) is 0 Å². The molecule has 2 N–H and O–H groups in total. The van der Waals surface area contributed by atoms with E-state index in [0.717, 1.165) is 25.0 Å². The molecule has 0 aliphatic carbocycles. The van der Waals surface area contributed by atoms with Gasteiger partial charge in [-0.25, -0.2) is 0 Å². The Hall–Kier alpha value is -1.78. The van der Waals surface area contributed by atoms with E-state index in [1.165, 1.54) is 0 Å². The molecule has 0 bridgehead atoms. The predicted molar refractivity (Wildman–Crippen MR) is 70.5 cm³/mol. The van der Waals surface area contributed by atoms with Gasteiger partial charge in [0.2, 0.25) is 5.91 Å². The molecule has 5 nitrogen and oxygen atoms in total. The maximum absolute atomic E-state index is 12.2. The molecule has 2 rings (SSSR count). The summed E-state index contributed by atoms with van der Waals surface area (Å²) in [7, 11) is 0. The van der Waals surface area contributed by atoms with Gasteiger partial charge < -0.3 is 15.1 Å². The van der Waals surface area contributed by atoms with Crippen molar-refractivity contribution in [1.29, 1.82) is 0 Å². The van der Waals surface area contributed by atoms with Crippen molar-refractivity contribution in [3.63, 3.8) is 0 Å². The number of nitrogens with two attached hydrogens (primary N) is 1. The number of nitrogens with zero attached hydrogens (tertiary/aromatic N) is 1. The standard InChI is InChI=1S/C14H20N2O3/c1-2-11-3-4-12(19-11)14(18)16-7-5-10(6-8-16)9-13(15)17/h3-4,10H,2,5-9H2,1H3,(H2,15,17). The van der Waals surface area contributed by atoms with E-state index < -0.39 is 0 Å². The summed E-state index contributed by atoms with van der Waals surface area (Å²) in [6, 6.07) is 3.57. The molecular weight excluding hydrogens is 244 g/mol. The topological polar surface area (TPSA) is 76.5 Å². The van der Waals surface area contributed by atoms with Crippen LogP contribution in [0.2, 0.25) is 0 Å². The van der Waals surface area contributed by atoms with Crippen LogP contribution in [0.4, 0.5) is 0 Å². The van der Waals surface area contributed by atoms with Crippen LogP contribution in [0.3, 0.4) is 0 Å². The highest BCUT2D eigenvalue weighted by Crippen LogP contribution is 2.22. The van der Waals surface area contributed by atoms with Crippen LogP contribution in [0, 0.1) is 5.92 Å². The molecule has 1 saturated heterocycles. The van der Waals surface area contributed by atoms with Crippen molar-refractivity contribution in [1.82, 2.24) is 4.90 Å². The summed E-state index contributed by atoms with van der Waals surface area (Å²) >= 11 is 0. The molecule has 2 amide bonds. The minimum absolute atomic E-state index is 0.0581. The van der Waals surface area contributed by atoms with Crippen LogP contribution in [0.5, 0.6) is 0 Å². The lowest BCUT2D eigenvalue weighted by Gasteiger charge is -2.30. The zero-order valence-corrected chi connectivity index (χ0v) is 11.2. The second kappa shape index (κ2) is 5.91. The lowest BCUT2D eigenvalue weighted by Crippen LogP contribution is -2.39. The van der Waals surface area contributed by atoms with Gasteiger partial charge in [-0.1, -0.05) is 6.92 Å². The molecule has 1 aliphatic heterocycles. The number of primary amides is 1. The fraction of sp³-hybridized carbons (Fsp3) is 0.571. The number of aryl methyl sites for hydroxylation is 1. The monoisotopic (exact) mass is 264 g/mol. The number of carbonyl (C=O) groups excluding carboxylic acids is 2. The zero-order valence-electron chi connectivity index (χ0n) is 11.2. The molecule has 0 aromatic carbocycles.